The smallest absolute Gasteiger partial charge is 0.253 e. The molecule has 39 heavy (non-hydrogen) atoms. The molecule has 2 fully saturated rings. The Morgan fingerprint density at radius 3 is 2.38 bits per heavy atom. The fraction of sp³-hybridized carbons (Fsp3) is 0.333. The fourth-order valence-corrected chi connectivity index (χ4v) is 5.42. The largest absolute Gasteiger partial charge is 0.376 e. The van der Waals surface area contributed by atoms with Gasteiger partial charge in [0.25, 0.3) is 5.91 Å². The Morgan fingerprint density at radius 2 is 1.67 bits per heavy atom. The van der Waals surface area contributed by atoms with E-state index in [2.05, 4.69) is 45.9 Å². The quantitative estimate of drug-likeness (QED) is 0.353. The van der Waals surface area contributed by atoms with Gasteiger partial charge in [-0.2, -0.15) is 0 Å². The topological polar surface area (TPSA) is 70.7 Å². The molecule has 3 aromatic carbocycles. The van der Waals surface area contributed by atoms with Gasteiger partial charge in [0, 0.05) is 43.7 Å². The summed E-state index contributed by atoms with van der Waals surface area (Å²) in [6.07, 6.45) is 8.59. The molecule has 6 heteroatoms. The highest BCUT2D eigenvalue weighted by Gasteiger charge is 2.24. The summed E-state index contributed by atoms with van der Waals surface area (Å²) >= 11 is 0. The molecule has 1 unspecified atom stereocenters. The zero-order valence-electron chi connectivity index (χ0n) is 22.4. The van der Waals surface area contributed by atoms with Crippen molar-refractivity contribution in [2.45, 2.75) is 38.2 Å². The number of carbonyl (C=O) groups excluding carboxylic acids is 2. The van der Waals surface area contributed by atoms with E-state index in [9.17, 15) is 9.59 Å². The van der Waals surface area contributed by atoms with Gasteiger partial charge in [0.05, 0.1) is 11.7 Å². The van der Waals surface area contributed by atoms with Crippen LogP contribution >= 0.6 is 0 Å². The van der Waals surface area contributed by atoms with Crippen LogP contribution in [0, 0.1) is 5.92 Å². The molecule has 0 saturated carbocycles. The minimum atomic E-state index is -0.237. The number of hydrogen-bond donors (Lipinski definition) is 2. The Hall–Kier alpha value is -3.90. The molecule has 6 nitrogen and oxygen atoms in total. The number of benzene rings is 3. The maximum Gasteiger partial charge on any atom is 0.253 e. The van der Waals surface area contributed by atoms with Gasteiger partial charge in [-0.15, -0.1) is 0 Å². The lowest BCUT2D eigenvalue weighted by atomic mass is 9.89. The van der Waals surface area contributed by atoms with Gasteiger partial charge in [0.1, 0.15) is 0 Å². The first kappa shape index (κ1) is 26.7. The Kier molecular flexibility index (Phi) is 9.07. The van der Waals surface area contributed by atoms with Crippen molar-refractivity contribution in [2.75, 3.05) is 36.5 Å². The fourth-order valence-electron chi connectivity index (χ4n) is 5.42. The molecule has 2 aliphatic heterocycles. The second-order valence-corrected chi connectivity index (χ2v) is 10.4. The number of amides is 2. The van der Waals surface area contributed by atoms with Crippen molar-refractivity contribution in [3.63, 3.8) is 0 Å². The summed E-state index contributed by atoms with van der Waals surface area (Å²) in [5.74, 6) is 0.261. The highest BCUT2D eigenvalue weighted by atomic mass is 16.5. The molecule has 0 bridgehead atoms. The third kappa shape index (κ3) is 7.58. The van der Waals surface area contributed by atoms with Crippen molar-refractivity contribution in [3.05, 3.63) is 102 Å². The van der Waals surface area contributed by atoms with Crippen LogP contribution in [0.25, 0.3) is 6.08 Å². The highest BCUT2D eigenvalue weighted by Crippen LogP contribution is 2.30. The summed E-state index contributed by atoms with van der Waals surface area (Å²) in [6, 6.07) is 26.0. The monoisotopic (exact) mass is 523 g/mol. The van der Waals surface area contributed by atoms with Crippen LogP contribution in [0.2, 0.25) is 0 Å². The molecule has 0 spiro atoms. The third-order valence-electron chi connectivity index (χ3n) is 7.57. The third-order valence-corrected chi connectivity index (χ3v) is 7.57. The molecule has 202 valence electrons. The van der Waals surface area contributed by atoms with Gasteiger partial charge in [-0.1, -0.05) is 60.7 Å². The highest BCUT2D eigenvalue weighted by molar-refractivity contribution is 6.05. The van der Waals surface area contributed by atoms with E-state index in [4.69, 9.17) is 4.74 Å². The Bertz CT molecular complexity index is 1260. The second kappa shape index (κ2) is 13.3. The maximum atomic E-state index is 13.4. The average molecular weight is 524 g/mol. The van der Waals surface area contributed by atoms with Gasteiger partial charge >= 0.3 is 0 Å². The Morgan fingerprint density at radius 1 is 0.923 bits per heavy atom. The predicted molar refractivity (Wildman–Crippen MR) is 157 cm³/mol. The van der Waals surface area contributed by atoms with Crippen molar-refractivity contribution >= 4 is 29.3 Å². The lowest BCUT2D eigenvalue weighted by molar-refractivity contribution is -0.111. The summed E-state index contributed by atoms with van der Waals surface area (Å²) in [5.41, 5.74) is 4.43. The molecule has 2 saturated heterocycles. The van der Waals surface area contributed by atoms with Crippen LogP contribution in [-0.4, -0.2) is 44.2 Å². The van der Waals surface area contributed by atoms with Crippen LogP contribution in [0.1, 0.15) is 47.2 Å². The summed E-state index contributed by atoms with van der Waals surface area (Å²) in [7, 11) is 0. The van der Waals surface area contributed by atoms with Gasteiger partial charge in [-0.25, -0.2) is 0 Å². The van der Waals surface area contributed by atoms with Gasteiger partial charge < -0.3 is 20.3 Å². The molecular weight excluding hydrogens is 486 g/mol. The molecule has 0 radical (unpaired) electrons. The number of ether oxygens (including phenoxy) is 1. The Balaban J connectivity index is 1.27. The maximum absolute atomic E-state index is 13.4. The standard InChI is InChI=1S/C33H37N3O3/c37-32(16-13-25-8-3-1-4-9-25)35-28-14-15-31(30(23-28)33(38)34-24-29-12-7-21-39-29)36-19-17-27(18-20-36)22-26-10-5-2-6-11-26/h1-6,8-11,13-16,23,27,29H,7,12,17-22,24H2,(H,34,38)(H,35,37). The van der Waals surface area contributed by atoms with E-state index >= 15 is 0 Å². The normalized spacial score (nSPS) is 17.8. The van der Waals surface area contributed by atoms with Crippen molar-refractivity contribution in [1.29, 1.82) is 0 Å². The molecule has 0 aliphatic carbocycles. The first-order valence-corrected chi connectivity index (χ1v) is 14.0. The molecule has 2 heterocycles. The number of nitrogens with zero attached hydrogens (tertiary/aromatic N) is 1. The number of nitrogens with one attached hydrogen (secondary N) is 2. The van der Waals surface area contributed by atoms with Gasteiger partial charge in [0.15, 0.2) is 0 Å². The summed E-state index contributed by atoms with van der Waals surface area (Å²) in [6.45, 7) is 3.04. The summed E-state index contributed by atoms with van der Waals surface area (Å²) in [5, 5.41) is 5.99. The number of hydrogen-bond acceptors (Lipinski definition) is 4. The van der Waals surface area contributed by atoms with Crippen LogP contribution in [0.4, 0.5) is 11.4 Å². The van der Waals surface area contributed by atoms with Gasteiger partial charge in [0.2, 0.25) is 5.91 Å². The van der Waals surface area contributed by atoms with E-state index < -0.39 is 0 Å². The van der Waals surface area contributed by atoms with Crippen molar-refractivity contribution < 1.29 is 14.3 Å². The lowest BCUT2D eigenvalue weighted by Gasteiger charge is -2.35. The molecular formula is C33H37N3O3. The number of piperidine rings is 1. The predicted octanol–water partition coefficient (Wildman–Crippen LogP) is 5.71. The van der Waals surface area contributed by atoms with E-state index in [-0.39, 0.29) is 17.9 Å². The van der Waals surface area contributed by atoms with Crippen molar-refractivity contribution in [3.8, 4) is 0 Å². The molecule has 0 aromatic heterocycles. The molecule has 2 N–H and O–H groups in total. The number of rotatable bonds is 9. The van der Waals surface area contributed by atoms with E-state index in [1.54, 1.807) is 12.1 Å². The second-order valence-electron chi connectivity index (χ2n) is 10.4. The molecule has 2 aliphatic rings. The van der Waals surface area contributed by atoms with E-state index in [1.165, 1.54) is 11.6 Å². The minimum absolute atomic E-state index is 0.0668. The van der Waals surface area contributed by atoms with Crippen molar-refractivity contribution in [2.24, 2.45) is 5.92 Å². The minimum Gasteiger partial charge on any atom is -0.376 e. The SMILES string of the molecule is O=C(C=Cc1ccccc1)Nc1ccc(N2CCC(Cc3ccccc3)CC2)c(C(=O)NCC2CCCO2)c1. The Labute approximate surface area is 231 Å². The number of anilines is 2. The zero-order valence-corrected chi connectivity index (χ0v) is 22.4. The van der Waals surface area contributed by atoms with Gasteiger partial charge in [-0.3, -0.25) is 9.59 Å². The van der Waals surface area contributed by atoms with Crippen LogP contribution in [0.15, 0.2) is 84.9 Å². The number of carbonyl (C=O) groups is 2. The first-order valence-electron chi connectivity index (χ1n) is 14.0. The van der Waals surface area contributed by atoms with E-state index in [0.717, 1.165) is 63.1 Å². The van der Waals surface area contributed by atoms with Crippen LogP contribution in [-0.2, 0) is 16.0 Å². The summed E-state index contributed by atoms with van der Waals surface area (Å²) in [4.78, 5) is 28.3. The van der Waals surface area contributed by atoms with Gasteiger partial charge in [-0.05, 0) is 73.4 Å². The first-order chi connectivity index (χ1) is 19.1. The lowest BCUT2D eigenvalue weighted by Crippen LogP contribution is -2.37. The van der Waals surface area contributed by atoms with Crippen LogP contribution < -0.4 is 15.5 Å². The van der Waals surface area contributed by atoms with E-state index in [1.807, 2.05) is 42.5 Å². The molecule has 5 rings (SSSR count). The van der Waals surface area contributed by atoms with E-state index in [0.29, 0.717) is 23.7 Å². The average Bonchev–Trinajstić information content (AvgIpc) is 3.50. The summed E-state index contributed by atoms with van der Waals surface area (Å²) < 4.78 is 5.70. The van der Waals surface area contributed by atoms with Crippen LogP contribution in [0.5, 0.6) is 0 Å². The molecule has 3 aromatic rings. The van der Waals surface area contributed by atoms with Crippen molar-refractivity contribution in [1.82, 2.24) is 5.32 Å². The molecule has 2 amide bonds. The zero-order chi connectivity index (χ0) is 26.9. The molecule has 1 atom stereocenters. The van der Waals surface area contributed by atoms with Crippen LogP contribution in [0.3, 0.4) is 0 Å².